The molecule has 0 aromatic carbocycles. The SMILES string of the molecule is O=C(O)CN(CC1CC1)C(=O)c1ccno1. The highest BCUT2D eigenvalue weighted by molar-refractivity contribution is 5.93. The summed E-state index contributed by atoms with van der Waals surface area (Å²) in [5.74, 6) is -0.909. The molecule has 0 radical (unpaired) electrons. The van der Waals surface area contributed by atoms with Crippen LogP contribution in [-0.2, 0) is 4.79 Å². The summed E-state index contributed by atoms with van der Waals surface area (Å²) in [4.78, 5) is 23.8. The second-order valence-corrected chi connectivity index (χ2v) is 3.90. The molecule has 2 rings (SSSR count). The van der Waals surface area contributed by atoms with Gasteiger partial charge in [0.15, 0.2) is 0 Å². The van der Waals surface area contributed by atoms with Gasteiger partial charge in [-0.1, -0.05) is 5.16 Å². The van der Waals surface area contributed by atoms with Gasteiger partial charge in [0, 0.05) is 12.6 Å². The quantitative estimate of drug-likeness (QED) is 0.792. The molecule has 1 saturated carbocycles. The minimum Gasteiger partial charge on any atom is -0.480 e. The van der Waals surface area contributed by atoms with Crippen molar-refractivity contribution in [2.45, 2.75) is 12.8 Å². The van der Waals surface area contributed by atoms with E-state index in [9.17, 15) is 9.59 Å². The fourth-order valence-electron chi connectivity index (χ4n) is 1.48. The minimum absolute atomic E-state index is 0.0851. The van der Waals surface area contributed by atoms with Crippen LogP contribution in [0.5, 0.6) is 0 Å². The lowest BCUT2D eigenvalue weighted by atomic mass is 10.3. The van der Waals surface area contributed by atoms with Crippen molar-refractivity contribution in [1.82, 2.24) is 10.1 Å². The first-order chi connectivity index (χ1) is 7.66. The summed E-state index contributed by atoms with van der Waals surface area (Å²) < 4.78 is 4.73. The van der Waals surface area contributed by atoms with Crippen LogP contribution >= 0.6 is 0 Å². The number of amides is 1. The maximum atomic E-state index is 11.8. The van der Waals surface area contributed by atoms with Gasteiger partial charge in [0.1, 0.15) is 6.54 Å². The number of carbonyl (C=O) groups excluding carboxylic acids is 1. The Balaban J connectivity index is 2.04. The van der Waals surface area contributed by atoms with Crippen molar-refractivity contribution in [3.8, 4) is 0 Å². The first-order valence-corrected chi connectivity index (χ1v) is 5.08. The van der Waals surface area contributed by atoms with E-state index in [2.05, 4.69) is 5.16 Å². The van der Waals surface area contributed by atoms with E-state index in [1.165, 1.54) is 17.2 Å². The van der Waals surface area contributed by atoms with E-state index < -0.39 is 11.9 Å². The molecule has 1 fully saturated rings. The zero-order chi connectivity index (χ0) is 11.5. The molecular weight excluding hydrogens is 212 g/mol. The van der Waals surface area contributed by atoms with Gasteiger partial charge in [-0.2, -0.15) is 0 Å². The zero-order valence-electron chi connectivity index (χ0n) is 8.63. The summed E-state index contributed by atoms with van der Waals surface area (Å²) >= 11 is 0. The number of aromatic nitrogens is 1. The fourth-order valence-corrected chi connectivity index (χ4v) is 1.48. The van der Waals surface area contributed by atoms with Crippen LogP contribution in [0.2, 0.25) is 0 Å². The van der Waals surface area contributed by atoms with Crippen LogP contribution in [0.3, 0.4) is 0 Å². The van der Waals surface area contributed by atoms with E-state index in [0.29, 0.717) is 12.5 Å². The van der Waals surface area contributed by atoms with Crippen LogP contribution in [-0.4, -0.2) is 40.1 Å². The van der Waals surface area contributed by atoms with Crippen molar-refractivity contribution in [2.75, 3.05) is 13.1 Å². The maximum absolute atomic E-state index is 11.8. The van der Waals surface area contributed by atoms with E-state index in [1.807, 2.05) is 0 Å². The minimum atomic E-state index is -1.02. The Kier molecular flexibility index (Phi) is 2.89. The van der Waals surface area contributed by atoms with Crippen LogP contribution in [0, 0.1) is 5.92 Å². The third-order valence-corrected chi connectivity index (χ3v) is 2.44. The molecule has 0 atom stereocenters. The van der Waals surface area contributed by atoms with Gasteiger partial charge >= 0.3 is 5.97 Å². The van der Waals surface area contributed by atoms with Crippen molar-refractivity contribution in [3.05, 3.63) is 18.0 Å². The van der Waals surface area contributed by atoms with E-state index in [-0.39, 0.29) is 12.3 Å². The molecule has 1 amide bonds. The molecule has 1 N–H and O–H groups in total. The van der Waals surface area contributed by atoms with E-state index in [0.717, 1.165) is 12.8 Å². The third-order valence-electron chi connectivity index (χ3n) is 2.44. The second-order valence-electron chi connectivity index (χ2n) is 3.90. The predicted molar refractivity (Wildman–Crippen MR) is 52.8 cm³/mol. The number of aliphatic carboxylic acids is 1. The molecule has 1 aliphatic rings. The van der Waals surface area contributed by atoms with Gasteiger partial charge in [0.05, 0.1) is 6.20 Å². The molecular formula is C10H12N2O4. The number of hydrogen-bond acceptors (Lipinski definition) is 4. The number of carbonyl (C=O) groups is 2. The molecule has 1 heterocycles. The molecule has 0 spiro atoms. The lowest BCUT2D eigenvalue weighted by Crippen LogP contribution is -2.37. The van der Waals surface area contributed by atoms with Gasteiger partial charge in [-0.3, -0.25) is 9.59 Å². The first kappa shape index (κ1) is 10.7. The first-order valence-electron chi connectivity index (χ1n) is 5.08. The highest BCUT2D eigenvalue weighted by atomic mass is 16.5. The Hall–Kier alpha value is -1.85. The van der Waals surface area contributed by atoms with E-state index in [4.69, 9.17) is 9.63 Å². The van der Waals surface area contributed by atoms with Crippen molar-refractivity contribution in [1.29, 1.82) is 0 Å². The summed E-state index contributed by atoms with van der Waals surface area (Å²) in [6.45, 7) is 0.182. The molecule has 6 nitrogen and oxygen atoms in total. The Morgan fingerprint density at radius 2 is 2.31 bits per heavy atom. The monoisotopic (exact) mass is 224 g/mol. The Bertz CT molecular complexity index is 384. The van der Waals surface area contributed by atoms with E-state index >= 15 is 0 Å². The Morgan fingerprint density at radius 3 is 2.81 bits per heavy atom. The van der Waals surface area contributed by atoms with Gasteiger partial charge in [-0.15, -0.1) is 0 Å². The molecule has 0 bridgehead atoms. The van der Waals surface area contributed by atoms with Gasteiger partial charge in [0.25, 0.3) is 5.91 Å². The Labute approximate surface area is 91.8 Å². The van der Waals surface area contributed by atoms with Gasteiger partial charge in [-0.05, 0) is 18.8 Å². The topological polar surface area (TPSA) is 83.6 Å². The molecule has 86 valence electrons. The fraction of sp³-hybridized carbons (Fsp3) is 0.500. The summed E-state index contributed by atoms with van der Waals surface area (Å²) in [7, 11) is 0. The molecule has 1 aliphatic carbocycles. The van der Waals surface area contributed by atoms with Crippen LogP contribution in [0.1, 0.15) is 23.4 Å². The van der Waals surface area contributed by atoms with Gasteiger partial charge in [-0.25, -0.2) is 0 Å². The van der Waals surface area contributed by atoms with Crippen molar-refractivity contribution >= 4 is 11.9 Å². The van der Waals surface area contributed by atoms with Crippen LogP contribution in [0.4, 0.5) is 0 Å². The molecule has 6 heteroatoms. The largest absolute Gasteiger partial charge is 0.480 e. The average Bonchev–Trinajstić information content (AvgIpc) is 2.88. The standard InChI is InChI=1S/C10H12N2O4/c13-9(14)6-12(5-7-1-2-7)10(15)8-3-4-11-16-8/h3-4,7H,1-2,5-6H2,(H,13,14). The van der Waals surface area contributed by atoms with Crippen LogP contribution < -0.4 is 0 Å². The van der Waals surface area contributed by atoms with Crippen LogP contribution in [0.25, 0.3) is 0 Å². The molecule has 1 aromatic heterocycles. The highest BCUT2D eigenvalue weighted by Gasteiger charge is 2.29. The maximum Gasteiger partial charge on any atom is 0.323 e. The number of nitrogens with zero attached hydrogens (tertiary/aromatic N) is 2. The molecule has 0 saturated heterocycles. The zero-order valence-corrected chi connectivity index (χ0v) is 8.63. The number of rotatable bonds is 5. The second kappa shape index (κ2) is 4.34. The molecule has 1 aromatic rings. The Morgan fingerprint density at radius 1 is 1.56 bits per heavy atom. The highest BCUT2D eigenvalue weighted by Crippen LogP contribution is 2.30. The molecule has 16 heavy (non-hydrogen) atoms. The van der Waals surface area contributed by atoms with Gasteiger partial charge in [0.2, 0.25) is 5.76 Å². The third kappa shape index (κ3) is 2.59. The summed E-state index contributed by atoms with van der Waals surface area (Å²) in [5, 5.41) is 12.2. The van der Waals surface area contributed by atoms with E-state index in [1.54, 1.807) is 0 Å². The average molecular weight is 224 g/mol. The van der Waals surface area contributed by atoms with Crippen LogP contribution in [0.15, 0.2) is 16.8 Å². The van der Waals surface area contributed by atoms with Crippen molar-refractivity contribution in [2.24, 2.45) is 5.92 Å². The normalized spacial score (nSPS) is 14.8. The lowest BCUT2D eigenvalue weighted by molar-refractivity contribution is -0.137. The lowest BCUT2D eigenvalue weighted by Gasteiger charge is -2.18. The number of hydrogen-bond donors (Lipinski definition) is 1. The summed E-state index contributed by atoms with van der Waals surface area (Å²) in [6, 6.07) is 1.43. The summed E-state index contributed by atoms with van der Waals surface area (Å²) in [5.41, 5.74) is 0. The smallest absolute Gasteiger partial charge is 0.323 e. The van der Waals surface area contributed by atoms with Gasteiger partial charge < -0.3 is 14.5 Å². The number of carboxylic acid groups (broad SMARTS) is 1. The summed E-state index contributed by atoms with van der Waals surface area (Å²) in [6.07, 6.45) is 3.48. The molecule has 0 aliphatic heterocycles. The molecule has 0 unspecified atom stereocenters. The number of carboxylic acids is 1. The van der Waals surface area contributed by atoms with Crippen molar-refractivity contribution in [3.63, 3.8) is 0 Å². The van der Waals surface area contributed by atoms with Crippen molar-refractivity contribution < 1.29 is 19.2 Å². The predicted octanol–water partition coefficient (Wildman–Crippen LogP) is 0.611.